The van der Waals surface area contributed by atoms with Crippen molar-refractivity contribution in [3.05, 3.63) is 53.7 Å². The molecule has 26 heavy (non-hydrogen) atoms. The Morgan fingerprint density at radius 3 is 2.77 bits per heavy atom. The van der Waals surface area contributed by atoms with E-state index in [1.807, 2.05) is 6.92 Å². The van der Waals surface area contributed by atoms with E-state index in [0.29, 0.717) is 29.8 Å². The molecule has 0 bridgehead atoms. The van der Waals surface area contributed by atoms with Gasteiger partial charge in [-0.25, -0.2) is 0 Å². The molecule has 1 N–H and O–H groups in total. The summed E-state index contributed by atoms with van der Waals surface area (Å²) in [5, 5.41) is 7.39. The van der Waals surface area contributed by atoms with Crippen molar-refractivity contribution in [2.24, 2.45) is 5.92 Å². The van der Waals surface area contributed by atoms with Crippen LogP contribution >= 0.6 is 11.6 Å². The highest BCUT2D eigenvalue weighted by atomic mass is 35.5. The number of hydrogen-bond donors (Lipinski definition) is 1. The maximum absolute atomic E-state index is 12.3. The van der Waals surface area contributed by atoms with Gasteiger partial charge in [0.05, 0.1) is 0 Å². The van der Waals surface area contributed by atoms with Gasteiger partial charge in [-0.1, -0.05) is 23.3 Å². The Morgan fingerprint density at radius 1 is 1.42 bits per heavy atom. The first kappa shape index (κ1) is 18.2. The van der Waals surface area contributed by atoms with Crippen LogP contribution in [0.5, 0.6) is 0 Å². The summed E-state index contributed by atoms with van der Waals surface area (Å²) in [6.07, 6.45) is 2.12. The molecule has 0 spiro atoms. The lowest BCUT2D eigenvalue weighted by Crippen LogP contribution is -2.51. The molecular weight excluding hydrogens is 354 g/mol. The van der Waals surface area contributed by atoms with E-state index in [2.05, 4.69) is 17.1 Å². The summed E-state index contributed by atoms with van der Waals surface area (Å²) in [4.78, 5) is 25.5. The van der Waals surface area contributed by atoms with E-state index in [1.165, 1.54) is 6.08 Å². The van der Waals surface area contributed by atoms with Crippen molar-refractivity contribution in [3.63, 3.8) is 0 Å². The number of benzene rings is 1. The molecule has 3 rings (SSSR count). The summed E-state index contributed by atoms with van der Waals surface area (Å²) in [7, 11) is 0. The van der Waals surface area contributed by atoms with E-state index in [1.54, 1.807) is 35.2 Å². The summed E-state index contributed by atoms with van der Waals surface area (Å²) in [5.41, 5.74) is 1.04. The zero-order valence-electron chi connectivity index (χ0n) is 14.4. The lowest BCUT2D eigenvalue weighted by Gasteiger charge is -2.39. The maximum atomic E-state index is 12.3. The Hall–Kier alpha value is -2.60. The number of likely N-dealkylation sites (tertiary alicyclic amines) is 1. The van der Waals surface area contributed by atoms with Crippen LogP contribution in [-0.2, 0) is 4.79 Å². The number of carbonyl (C=O) groups excluding carboxylic acids is 2. The molecule has 1 aromatic heterocycles. The fourth-order valence-electron chi connectivity index (χ4n) is 3.02. The zero-order valence-corrected chi connectivity index (χ0v) is 15.2. The van der Waals surface area contributed by atoms with Gasteiger partial charge >= 0.3 is 0 Å². The predicted octanol–water partition coefficient (Wildman–Crippen LogP) is 3.15. The van der Waals surface area contributed by atoms with Gasteiger partial charge in [0, 0.05) is 35.8 Å². The third-order valence-corrected chi connectivity index (χ3v) is 4.63. The molecule has 2 aromatic rings. The van der Waals surface area contributed by atoms with Crippen LogP contribution in [-0.4, -0.2) is 41.0 Å². The van der Waals surface area contributed by atoms with Crippen molar-refractivity contribution in [2.45, 2.75) is 19.4 Å². The van der Waals surface area contributed by atoms with Crippen LogP contribution in [0.15, 0.2) is 47.5 Å². The lowest BCUT2D eigenvalue weighted by atomic mass is 9.92. The second kappa shape index (κ2) is 7.74. The van der Waals surface area contributed by atoms with E-state index in [4.69, 9.17) is 16.1 Å². The van der Waals surface area contributed by atoms with Crippen LogP contribution in [0.3, 0.4) is 0 Å². The van der Waals surface area contributed by atoms with E-state index in [9.17, 15) is 9.59 Å². The minimum atomic E-state index is -0.278. The van der Waals surface area contributed by atoms with Gasteiger partial charge in [-0.2, -0.15) is 0 Å². The van der Waals surface area contributed by atoms with Gasteiger partial charge in [0.15, 0.2) is 11.5 Å². The van der Waals surface area contributed by atoms with E-state index >= 15 is 0 Å². The summed E-state index contributed by atoms with van der Waals surface area (Å²) < 4.78 is 5.25. The highest BCUT2D eigenvalue weighted by molar-refractivity contribution is 6.30. The van der Waals surface area contributed by atoms with Crippen molar-refractivity contribution in [1.82, 2.24) is 15.4 Å². The molecule has 1 aromatic carbocycles. The summed E-state index contributed by atoms with van der Waals surface area (Å²) in [6, 6.07) is 8.70. The third-order valence-electron chi connectivity index (χ3n) is 4.38. The average molecular weight is 374 g/mol. The van der Waals surface area contributed by atoms with Crippen LogP contribution in [0.1, 0.15) is 23.8 Å². The molecule has 0 aliphatic carbocycles. The Morgan fingerprint density at radius 2 is 2.12 bits per heavy atom. The average Bonchev–Trinajstić information content (AvgIpc) is 3.08. The molecule has 0 saturated carbocycles. The quantitative estimate of drug-likeness (QED) is 0.789. The molecule has 1 saturated heterocycles. The predicted molar refractivity (Wildman–Crippen MR) is 98.8 cm³/mol. The molecule has 1 fully saturated rings. The summed E-state index contributed by atoms with van der Waals surface area (Å²) >= 11 is 5.87. The van der Waals surface area contributed by atoms with Gasteiger partial charge in [0.25, 0.3) is 5.91 Å². The van der Waals surface area contributed by atoms with Gasteiger partial charge in [-0.05, 0) is 49.6 Å². The topological polar surface area (TPSA) is 75.4 Å². The standard InChI is InChI=1S/C19H20ClN3O3/c1-3-18(24)23-10-13(11-23)8-12(2)21-19(25)16-9-17(26-22-16)14-4-6-15(20)7-5-14/h3-7,9,12-13H,1,8,10-11H2,2H3,(H,21,25). The van der Waals surface area contributed by atoms with Gasteiger partial charge < -0.3 is 14.7 Å². The maximum Gasteiger partial charge on any atom is 0.273 e. The molecule has 1 aliphatic heterocycles. The molecule has 136 valence electrons. The second-order valence-electron chi connectivity index (χ2n) is 6.51. The first-order chi connectivity index (χ1) is 12.5. The fraction of sp³-hybridized carbons (Fsp3) is 0.316. The highest BCUT2D eigenvalue weighted by Crippen LogP contribution is 2.23. The second-order valence-corrected chi connectivity index (χ2v) is 6.94. The summed E-state index contributed by atoms with van der Waals surface area (Å²) in [6.45, 7) is 6.83. The van der Waals surface area contributed by atoms with Gasteiger partial charge in [-0.15, -0.1) is 0 Å². The molecule has 1 unspecified atom stereocenters. The van der Waals surface area contributed by atoms with Crippen LogP contribution in [0.4, 0.5) is 0 Å². The Bertz CT molecular complexity index is 810. The van der Waals surface area contributed by atoms with E-state index in [-0.39, 0.29) is 23.6 Å². The van der Waals surface area contributed by atoms with Crippen LogP contribution in [0, 0.1) is 5.92 Å². The number of carbonyl (C=O) groups is 2. The molecule has 2 heterocycles. The molecule has 1 aliphatic rings. The van der Waals surface area contributed by atoms with Gasteiger partial charge in [-0.3, -0.25) is 9.59 Å². The number of rotatable bonds is 6. The molecular formula is C19H20ClN3O3. The number of halogens is 1. The zero-order chi connectivity index (χ0) is 18.7. The molecule has 7 heteroatoms. The number of hydrogen-bond acceptors (Lipinski definition) is 4. The summed E-state index contributed by atoms with van der Waals surface area (Å²) in [5.74, 6) is 0.572. The van der Waals surface area contributed by atoms with Crippen LogP contribution in [0.2, 0.25) is 5.02 Å². The van der Waals surface area contributed by atoms with Crippen molar-refractivity contribution < 1.29 is 14.1 Å². The first-order valence-corrected chi connectivity index (χ1v) is 8.79. The molecule has 0 radical (unpaired) electrons. The number of amides is 2. The third kappa shape index (κ3) is 4.14. The number of nitrogens with zero attached hydrogens (tertiary/aromatic N) is 2. The lowest BCUT2D eigenvalue weighted by molar-refractivity contribution is -0.132. The van der Waals surface area contributed by atoms with Gasteiger partial charge in [0.2, 0.25) is 5.91 Å². The number of aromatic nitrogens is 1. The minimum Gasteiger partial charge on any atom is -0.355 e. The van der Waals surface area contributed by atoms with Crippen molar-refractivity contribution >= 4 is 23.4 Å². The largest absolute Gasteiger partial charge is 0.355 e. The normalized spacial score (nSPS) is 15.2. The Kier molecular flexibility index (Phi) is 5.42. The minimum absolute atomic E-state index is 0.0239. The van der Waals surface area contributed by atoms with Crippen molar-refractivity contribution in [2.75, 3.05) is 13.1 Å². The SMILES string of the molecule is C=CC(=O)N1CC(CC(C)NC(=O)c2cc(-c3ccc(Cl)cc3)on2)C1. The van der Waals surface area contributed by atoms with Crippen LogP contribution in [0.25, 0.3) is 11.3 Å². The smallest absolute Gasteiger partial charge is 0.273 e. The Labute approximate surface area is 156 Å². The molecule has 6 nitrogen and oxygen atoms in total. The molecule has 1 atom stereocenters. The van der Waals surface area contributed by atoms with Crippen molar-refractivity contribution in [3.8, 4) is 11.3 Å². The van der Waals surface area contributed by atoms with E-state index in [0.717, 1.165) is 12.0 Å². The Balaban J connectivity index is 1.51. The van der Waals surface area contributed by atoms with E-state index < -0.39 is 0 Å². The number of nitrogens with one attached hydrogen (secondary N) is 1. The monoisotopic (exact) mass is 373 g/mol. The van der Waals surface area contributed by atoms with Gasteiger partial charge in [0.1, 0.15) is 0 Å². The highest BCUT2D eigenvalue weighted by Gasteiger charge is 2.30. The van der Waals surface area contributed by atoms with Crippen molar-refractivity contribution in [1.29, 1.82) is 0 Å². The molecule has 2 amide bonds. The van der Waals surface area contributed by atoms with Crippen LogP contribution < -0.4 is 5.32 Å². The fourth-order valence-corrected chi connectivity index (χ4v) is 3.14. The first-order valence-electron chi connectivity index (χ1n) is 8.41.